The van der Waals surface area contributed by atoms with Crippen LogP contribution in [0.3, 0.4) is 0 Å². The smallest absolute Gasteiger partial charge is 0.220 e. The van der Waals surface area contributed by atoms with Gasteiger partial charge in [0.1, 0.15) is 14.1 Å². The maximum absolute atomic E-state index is 8.63. The second-order valence-electron chi connectivity index (χ2n) is 8.80. The predicted octanol–water partition coefficient (Wildman–Crippen LogP) is 3.58. The van der Waals surface area contributed by atoms with E-state index in [1.807, 2.05) is 0 Å². The van der Waals surface area contributed by atoms with Gasteiger partial charge in [0.2, 0.25) is 43.2 Å². The van der Waals surface area contributed by atoms with E-state index in [4.69, 9.17) is 35.0 Å². The summed E-state index contributed by atoms with van der Waals surface area (Å²) >= 11 is 0. The molecule has 6 rings (SSSR count). The molecule has 0 radical (unpaired) electrons. The molecule has 2 heterocycles. The van der Waals surface area contributed by atoms with Crippen molar-refractivity contribution in [3.05, 3.63) is 97.1 Å². The number of rotatable bonds is 2. The third kappa shape index (κ3) is 6.39. The Hall–Kier alpha value is -4.04. The normalized spacial score (nSPS) is 11.7. The van der Waals surface area contributed by atoms with Gasteiger partial charge in [-0.2, -0.15) is 9.13 Å². The van der Waals surface area contributed by atoms with Crippen molar-refractivity contribution < 1.29 is 44.2 Å². The molecule has 0 unspecified atom stereocenters. The molecule has 2 aromatic heterocycles. The zero-order chi connectivity index (χ0) is 29.2. The van der Waals surface area contributed by atoms with E-state index >= 15 is 0 Å². The minimum Gasteiger partial charge on any atom is -0.726 e. The van der Waals surface area contributed by atoms with Crippen molar-refractivity contribution in [3.8, 4) is 22.5 Å². The Bertz CT molecular complexity index is 1870. The lowest BCUT2D eigenvalue weighted by molar-refractivity contribution is -0.634. The highest BCUT2D eigenvalue weighted by Crippen LogP contribution is 2.38. The summed E-state index contributed by atoms with van der Waals surface area (Å²) in [6.45, 7) is 0. The van der Waals surface area contributed by atoms with E-state index in [-0.39, 0.29) is 0 Å². The van der Waals surface area contributed by atoms with Crippen LogP contribution < -0.4 is 9.13 Å². The summed E-state index contributed by atoms with van der Waals surface area (Å²) in [5.41, 5.74) is 7.51. The molecule has 0 aliphatic carbocycles. The molecule has 0 saturated heterocycles. The third-order valence-electron chi connectivity index (χ3n) is 6.33. The van der Waals surface area contributed by atoms with Crippen LogP contribution >= 0.6 is 0 Å². The maximum atomic E-state index is 8.63. The summed E-state index contributed by atoms with van der Waals surface area (Å²) in [5, 5.41) is 5.25. The van der Waals surface area contributed by atoms with E-state index in [2.05, 4.69) is 120 Å². The minimum atomic E-state index is -4.92. The average Bonchev–Trinajstić information content (AvgIpc) is 2.88. The van der Waals surface area contributed by atoms with Crippen LogP contribution in [0.4, 0.5) is 0 Å². The second kappa shape index (κ2) is 11.2. The van der Waals surface area contributed by atoms with Crippen LogP contribution in [-0.4, -0.2) is 35.0 Å². The molecule has 0 atom stereocenters. The van der Waals surface area contributed by atoms with Gasteiger partial charge in [-0.1, -0.05) is 48.5 Å². The van der Waals surface area contributed by atoms with Crippen LogP contribution in [0.25, 0.3) is 55.1 Å². The van der Waals surface area contributed by atoms with Gasteiger partial charge in [-0.25, -0.2) is 16.8 Å². The molecule has 6 aromatic rings. The summed E-state index contributed by atoms with van der Waals surface area (Å²) in [5.74, 6) is 0. The molecular weight excluding hydrogens is 556 g/mol. The lowest BCUT2D eigenvalue weighted by Gasteiger charge is -2.14. The first-order valence-electron chi connectivity index (χ1n) is 11.7. The molecule has 0 aliphatic rings. The Morgan fingerprint density at radius 2 is 0.825 bits per heavy atom. The SMILES string of the molecule is C[n+]1c(-c2ccccc2)c2cccc3c2c2c(cccc21)c(-c1ccccc1)[n+]3C.O=S(=O)([O-])O.O=S(=O)([O-])O. The lowest BCUT2D eigenvalue weighted by Crippen LogP contribution is -2.36. The minimum absolute atomic E-state index is 1.24. The number of aryl methyl sites for hydroxylation is 2. The molecule has 0 bridgehead atoms. The Balaban J connectivity index is 0.000000321. The average molecular weight is 581 g/mol. The van der Waals surface area contributed by atoms with Gasteiger partial charge in [0.15, 0.2) is 0 Å². The van der Waals surface area contributed by atoms with E-state index in [1.54, 1.807) is 0 Å². The first-order chi connectivity index (χ1) is 18.8. The van der Waals surface area contributed by atoms with E-state index in [1.165, 1.54) is 55.1 Å². The molecule has 0 aliphatic heterocycles. The fourth-order valence-electron chi connectivity index (χ4n) is 5.05. The lowest BCUT2D eigenvalue weighted by atomic mass is 9.93. The zero-order valence-corrected chi connectivity index (χ0v) is 22.9. The highest BCUT2D eigenvalue weighted by Gasteiger charge is 2.29. The van der Waals surface area contributed by atoms with Gasteiger partial charge < -0.3 is 9.11 Å². The van der Waals surface area contributed by atoms with Crippen LogP contribution in [0, 0.1) is 0 Å². The van der Waals surface area contributed by atoms with Gasteiger partial charge >= 0.3 is 0 Å². The highest BCUT2D eigenvalue weighted by molar-refractivity contribution is 7.80. The number of hydrogen-bond acceptors (Lipinski definition) is 6. The van der Waals surface area contributed by atoms with E-state index < -0.39 is 20.8 Å². The van der Waals surface area contributed by atoms with Crippen molar-refractivity contribution in [3.63, 3.8) is 0 Å². The van der Waals surface area contributed by atoms with Gasteiger partial charge in [-0.05, 0) is 36.4 Å². The molecule has 0 spiro atoms. The fourth-order valence-corrected chi connectivity index (χ4v) is 5.05. The van der Waals surface area contributed by atoms with Crippen molar-refractivity contribution in [1.29, 1.82) is 0 Å². The molecule has 0 saturated carbocycles. The van der Waals surface area contributed by atoms with E-state index in [0.717, 1.165) is 0 Å². The molecule has 0 amide bonds. The van der Waals surface area contributed by atoms with Gasteiger partial charge in [-0.15, -0.1) is 0 Å². The number of aromatic nitrogens is 2. The van der Waals surface area contributed by atoms with Crippen molar-refractivity contribution in [2.24, 2.45) is 14.1 Å². The fraction of sp³-hybridized carbons (Fsp3) is 0.0714. The summed E-state index contributed by atoms with van der Waals surface area (Å²) in [7, 11) is -5.46. The topological polar surface area (TPSA) is 163 Å². The van der Waals surface area contributed by atoms with Crippen LogP contribution in [0.15, 0.2) is 97.1 Å². The molecular formula is C28H24N2O8S2. The largest absolute Gasteiger partial charge is 0.726 e. The van der Waals surface area contributed by atoms with Crippen molar-refractivity contribution >= 4 is 53.4 Å². The first-order valence-corrected chi connectivity index (χ1v) is 14.4. The molecule has 2 N–H and O–H groups in total. The maximum Gasteiger partial charge on any atom is 0.220 e. The molecule has 0 fully saturated rings. The third-order valence-corrected chi connectivity index (χ3v) is 6.33. The standard InChI is InChI=1S/C28H22N2.2H2O4S/c1-29-23-17-9-16-22-25(23)26-21(27(29)19-11-5-3-6-12-19)15-10-18-24(26)30(2)28(22)20-13-7-4-8-14-20;2*1-5(2,3)4/h3-18H,1-2H3;2*(H2,1,2,3,4)/q+2;;/p-2. The highest BCUT2D eigenvalue weighted by atomic mass is 32.3. The Morgan fingerprint density at radius 1 is 0.525 bits per heavy atom. The van der Waals surface area contributed by atoms with Crippen molar-refractivity contribution in [2.45, 2.75) is 0 Å². The van der Waals surface area contributed by atoms with Crippen LogP contribution in [-0.2, 0) is 34.9 Å². The van der Waals surface area contributed by atoms with Crippen LogP contribution in [0.5, 0.6) is 0 Å². The number of hydrogen-bond donors (Lipinski definition) is 2. The summed E-state index contributed by atoms with van der Waals surface area (Å²) in [4.78, 5) is 0. The Morgan fingerprint density at radius 3 is 1.12 bits per heavy atom. The number of nitrogens with zero attached hydrogens (tertiary/aromatic N) is 2. The zero-order valence-electron chi connectivity index (χ0n) is 21.3. The van der Waals surface area contributed by atoms with E-state index in [0.29, 0.717) is 0 Å². The number of pyridine rings is 2. The van der Waals surface area contributed by atoms with E-state index in [9.17, 15) is 0 Å². The summed E-state index contributed by atoms with van der Waals surface area (Å²) in [6.07, 6.45) is 0. The van der Waals surface area contributed by atoms with Crippen molar-refractivity contribution in [2.75, 3.05) is 0 Å². The Kier molecular flexibility index (Phi) is 8.12. The molecule has 4 aromatic carbocycles. The molecule has 206 valence electrons. The van der Waals surface area contributed by atoms with Gasteiger partial charge in [-0.3, -0.25) is 9.11 Å². The number of benzene rings is 4. The van der Waals surface area contributed by atoms with Gasteiger partial charge in [0.25, 0.3) is 0 Å². The molecule has 12 heteroatoms. The Labute approximate surface area is 230 Å². The first kappa shape index (κ1) is 29.0. The van der Waals surface area contributed by atoms with Crippen LogP contribution in [0.2, 0.25) is 0 Å². The summed E-state index contributed by atoms with van der Waals surface area (Å²) in [6, 6.07) is 34.8. The predicted molar refractivity (Wildman–Crippen MR) is 148 cm³/mol. The molecule has 10 nitrogen and oxygen atoms in total. The monoisotopic (exact) mass is 580 g/mol. The van der Waals surface area contributed by atoms with Crippen molar-refractivity contribution in [1.82, 2.24) is 0 Å². The van der Waals surface area contributed by atoms with Gasteiger partial charge in [0.05, 0.1) is 21.5 Å². The molecule has 40 heavy (non-hydrogen) atoms. The summed E-state index contributed by atoms with van der Waals surface area (Å²) < 4.78 is 70.4. The quantitative estimate of drug-likeness (QED) is 0.136. The van der Waals surface area contributed by atoms with Gasteiger partial charge in [0, 0.05) is 23.3 Å². The van der Waals surface area contributed by atoms with Crippen LogP contribution in [0.1, 0.15) is 0 Å². The second-order valence-corrected chi connectivity index (χ2v) is 10.5.